The van der Waals surface area contributed by atoms with Gasteiger partial charge in [-0.2, -0.15) is 18.3 Å². The number of ether oxygens (including phenoxy) is 1. The van der Waals surface area contributed by atoms with Crippen molar-refractivity contribution in [3.05, 3.63) is 82.7 Å². The van der Waals surface area contributed by atoms with Gasteiger partial charge >= 0.3 is 6.18 Å². The molecule has 3 rings (SSSR count). The topological polar surface area (TPSA) is 39.1 Å². The molecule has 1 aromatic heterocycles. The third-order valence-electron chi connectivity index (χ3n) is 4.66. The van der Waals surface area contributed by atoms with Crippen molar-refractivity contribution in [3.8, 4) is 5.75 Å². The average Bonchev–Trinajstić information content (AvgIpc) is 2.95. The normalized spacial score (nSPS) is 11.6. The van der Waals surface area contributed by atoms with Crippen LogP contribution in [-0.2, 0) is 19.6 Å². The van der Waals surface area contributed by atoms with Gasteiger partial charge in [0.25, 0.3) is 0 Å². The molecule has 154 valence electrons. The van der Waals surface area contributed by atoms with E-state index in [1.807, 2.05) is 29.8 Å². The van der Waals surface area contributed by atoms with Crippen molar-refractivity contribution in [1.82, 2.24) is 15.1 Å². The van der Waals surface area contributed by atoms with Crippen molar-refractivity contribution in [2.75, 3.05) is 6.61 Å². The molecule has 0 aliphatic carbocycles. The summed E-state index contributed by atoms with van der Waals surface area (Å²) < 4.78 is 43.3. The molecule has 0 spiro atoms. The second kappa shape index (κ2) is 9.13. The highest BCUT2D eigenvalue weighted by atomic mass is 19.4. The molecule has 29 heavy (non-hydrogen) atoms. The number of halogens is 3. The molecule has 0 bridgehead atoms. The van der Waals surface area contributed by atoms with Gasteiger partial charge in [0.1, 0.15) is 5.75 Å². The molecule has 0 saturated carbocycles. The fraction of sp³-hybridized carbons (Fsp3) is 0.318. The third-order valence-corrected chi connectivity index (χ3v) is 4.66. The smallest absolute Gasteiger partial charge is 0.422 e. The van der Waals surface area contributed by atoms with E-state index >= 15 is 0 Å². The lowest BCUT2D eigenvalue weighted by Gasteiger charge is -2.10. The van der Waals surface area contributed by atoms with Gasteiger partial charge in [0, 0.05) is 24.3 Å². The van der Waals surface area contributed by atoms with Gasteiger partial charge in [-0.25, -0.2) is 0 Å². The fourth-order valence-corrected chi connectivity index (χ4v) is 3.10. The predicted molar refractivity (Wildman–Crippen MR) is 106 cm³/mol. The fourth-order valence-electron chi connectivity index (χ4n) is 3.10. The molecule has 0 atom stereocenters. The first-order valence-corrected chi connectivity index (χ1v) is 9.38. The van der Waals surface area contributed by atoms with E-state index < -0.39 is 12.8 Å². The Morgan fingerprint density at radius 3 is 2.28 bits per heavy atom. The van der Waals surface area contributed by atoms with Gasteiger partial charge in [0.15, 0.2) is 6.61 Å². The summed E-state index contributed by atoms with van der Waals surface area (Å²) in [5.74, 6) is 0.208. The van der Waals surface area contributed by atoms with Crippen molar-refractivity contribution >= 4 is 0 Å². The molecule has 1 N–H and O–H groups in total. The van der Waals surface area contributed by atoms with Crippen LogP contribution in [0, 0.1) is 13.8 Å². The Labute approximate surface area is 168 Å². The summed E-state index contributed by atoms with van der Waals surface area (Å²) in [4.78, 5) is 0. The van der Waals surface area contributed by atoms with Crippen LogP contribution in [-0.4, -0.2) is 22.6 Å². The van der Waals surface area contributed by atoms with Crippen LogP contribution < -0.4 is 10.1 Å². The quantitative estimate of drug-likeness (QED) is 0.588. The Morgan fingerprint density at radius 1 is 0.931 bits per heavy atom. The van der Waals surface area contributed by atoms with E-state index in [-0.39, 0.29) is 5.75 Å². The molecule has 3 aromatic rings. The Bertz CT molecular complexity index is 919. The largest absolute Gasteiger partial charge is 0.484 e. The number of aromatic nitrogens is 2. The molecule has 0 saturated heterocycles. The second-order valence-corrected chi connectivity index (χ2v) is 6.94. The average molecular weight is 403 g/mol. The lowest BCUT2D eigenvalue weighted by molar-refractivity contribution is -0.153. The number of nitrogens with zero attached hydrogens (tertiary/aromatic N) is 2. The highest BCUT2D eigenvalue weighted by Crippen LogP contribution is 2.19. The molecule has 0 aliphatic rings. The molecule has 2 aromatic carbocycles. The maximum absolute atomic E-state index is 12.2. The van der Waals surface area contributed by atoms with E-state index in [1.54, 1.807) is 24.3 Å². The molecule has 0 radical (unpaired) electrons. The molecular formula is C22H24F3N3O. The summed E-state index contributed by atoms with van der Waals surface area (Å²) in [6.07, 6.45) is -4.33. The van der Waals surface area contributed by atoms with Gasteiger partial charge in [-0.05, 0) is 37.1 Å². The van der Waals surface area contributed by atoms with E-state index in [0.717, 1.165) is 29.1 Å². The summed E-state index contributed by atoms with van der Waals surface area (Å²) in [5, 5.41) is 8.03. The molecule has 0 unspecified atom stereocenters. The predicted octanol–water partition coefficient (Wildman–Crippen LogP) is 4.78. The first kappa shape index (κ1) is 20.9. The van der Waals surface area contributed by atoms with Crippen molar-refractivity contribution in [1.29, 1.82) is 0 Å². The minimum absolute atomic E-state index is 0.208. The maximum Gasteiger partial charge on any atom is 0.422 e. The minimum Gasteiger partial charge on any atom is -0.484 e. The van der Waals surface area contributed by atoms with Gasteiger partial charge in [-0.15, -0.1) is 0 Å². The van der Waals surface area contributed by atoms with E-state index in [2.05, 4.69) is 29.5 Å². The van der Waals surface area contributed by atoms with Gasteiger partial charge in [0.2, 0.25) is 0 Å². The zero-order chi connectivity index (χ0) is 20.9. The van der Waals surface area contributed by atoms with Crippen LogP contribution in [0.2, 0.25) is 0 Å². The Morgan fingerprint density at radius 2 is 1.62 bits per heavy atom. The first-order valence-electron chi connectivity index (χ1n) is 9.38. The number of rotatable bonds is 8. The molecule has 0 amide bonds. The summed E-state index contributed by atoms with van der Waals surface area (Å²) in [6.45, 7) is 4.77. The van der Waals surface area contributed by atoms with Crippen molar-refractivity contribution in [2.45, 2.75) is 39.7 Å². The van der Waals surface area contributed by atoms with Crippen molar-refractivity contribution < 1.29 is 17.9 Å². The lowest BCUT2D eigenvalue weighted by atomic mass is 10.1. The number of aryl methyl sites for hydroxylation is 1. The van der Waals surface area contributed by atoms with Crippen LogP contribution in [0.3, 0.4) is 0 Å². The van der Waals surface area contributed by atoms with E-state index in [0.29, 0.717) is 13.1 Å². The lowest BCUT2D eigenvalue weighted by Crippen LogP contribution is -2.19. The van der Waals surface area contributed by atoms with Crippen LogP contribution in [0.4, 0.5) is 13.2 Å². The maximum atomic E-state index is 12.2. The SMILES string of the molecule is Cc1nn(Cc2ccccc2)c(C)c1CNCc1ccc(OCC(F)(F)F)cc1. The summed E-state index contributed by atoms with van der Waals surface area (Å²) >= 11 is 0. The van der Waals surface area contributed by atoms with Crippen molar-refractivity contribution in [2.24, 2.45) is 0 Å². The number of alkyl halides is 3. The first-order chi connectivity index (χ1) is 13.8. The number of hydrogen-bond acceptors (Lipinski definition) is 3. The van der Waals surface area contributed by atoms with Gasteiger partial charge in [-0.3, -0.25) is 4.68 Å². The number of hydrogen-bond donors (Lipinski definition) is 1. The molecule has 4 nitrogen and oxygen atoms in total. The zero-order valence-corrected chi connectivity index (χ0v) is 16.5. The highest BCUT2D eigenvalue weighted by molar-refractivity contribution is 5.28. The summed E-state index contributed by atoms with van der Waals surface area (Å²) in [7, 11) is 0. The summed E-state index contributed by atoms with van der Waals surface area (Å²) in [5.41, 5.74) is 5.43. The van der Waals surface area contributed by atoms with Crippen molar-refractivity contribution in [3.63, 3.8) is 0 Å². The molecule has 0 fully saturated rings. The molecular weight excluding hydrogens is 379 g/mol. The van der Waals surface area contributed by atoms with Gasteiger partial charge < -0.3 is 10.1 Å². The monoisotopic (exact) mass is 403 g/mol. The number of nitrogens with one attached hydrogen (secondary N) is 1. The van der Waals surface area contributed by atoms with Crippen LogP contribution in [0.1, 0.15) is 28.1 Å². The summed E-state index contributed by atoms with van der Waals surface area (Å²) in [6, 6.07) is 16.8. The minimum atomic E-state index is -4.33. The van der Waals surface area contributed by atoms with Crippen LogP contribution in [0.15, 0.2) is 54.6 Å². The third kappa shape index (κ3) is 6.09. The Kier molecular flexibility index (Phi) is 6.59. The Balaban J connectivity index is 1.54. The standard InChI is InChI=1S/C22H24F3N3O/c1-16-21(17(2)28(27-16)14-19-6-4-3-5-7-19)13-26-12-18-8-10-20(11-9-18)29-15-22(23,24)25/h3-11,26H,12-15H2,1-2H3. The highest BCUT2D eigenvalue weighted by Gasteiger charge is 2.28. The van der Waals surface area contributed by atoms with E-state index in [4.69, 9.17) is 4.74 Å². The van der Waals surface area contributed by atoms with E-state index in [9.17, 15) is 13.2 Å². The zero-order valence-electron chi connectivity index (χ0n) is 16.5. The second-order valence-electron chi connectivity index (χ2n) is 6.94. The van der Waals surface area contributed by atoms with E-state index in [1.165, 1.54) is 5.56 Å². The van der Waals surface area contributed by atoms with Crippen LogP contribution >= 0.6 is 0 Å². The molecule has 1 heterocycles. The van der Waals surface area contributed by atoms with Crippen LogP contribution in [0.25, 0.3) is 0 Å². The van der Waals surface area contributed by atoms with Crippen LogP contribution in [0.5, 0.6) is 5.75 Å². The molecule has 7 heteroatoms. The molecule has 0 aliphatic heterocycles. The number of benzene rings is 2. The van der Waals surface area contributed by atoms with Gasteiger partial charge in [-0.1, -0.05) is 42.5 Å². The van der Waals surface area contributed by atoms with Gasteiger partial charge in [0.05, 0.1) is 12.2 Å². The Hall–Kier alpha value is -2.80.